The highest BCUT2D eigenvalue weighted by Gasteiger charge is 2.32. The largest absolute Gasteiger partial charge is 0.466 e. The maximum absolute atomic E-state index is 12.0. The van der Waals surface area contributed by atoms with Gasteiger partial charge in [0.2, 0.25) is 0 Å². The van der Waals surface area contributed by atoms with Crippen LogP contribution in [0.5, 0.6) is 0 Å². The van der Waals surface area contributed by atoms with E-state index in [2.05, 4.69) is 4.72 Å². The van der Waals surface area contributed by atoms with Crippen LogP contribution >= 0.6 is 0 Å². The van der Waals surface area contributed by atoms with E-state index in [1.807, 2.05) is 0 Å². The molecule has 1 fully saturated rings. The molecule has 1 heterocycles. The van der Waals surface area contributed by atoms with Crippen molar-refractivity contribution < 1.29 is 23.1 Å². The van der Waals surface area contributed by atoms with Crippen LogP contribution in [0.4, 0.5) is 0 Å². The van der Waals surface area contributed by atoms with Gasteiger partial charge in [-0.15, -0.1) is 0 Å². The molecule has 0 bridgehead atoms. The number of esters is 1. The van der Waals surface area contributed by atoms with Gasteiger partial charge in [0.1, 0.15) is 0 Å². The summed E-state index contributed by atoms with van der Waals surface area (Å²) >= 11 is 0. The highest BCUT2D eigenvalue weighted by atomic mass is 32.2. The van der Waals surface area contributed by atoms with Crippen LogP contribution in [0.1, 0.15) is 26.7 Å². The summed E-state index contributed by atoms with van der Waals surface area (Å²) < 4.78 is 32.4. The highest BCUT2D eigenvalue weighted by molar-refractivity contribution is 7.87. The van der Waals surface area contributed by atoms with Crippen molar-refractivity contribution in [2.75, 3.05) is 26.2 Å². The second-order valence-corrected chi connectivity index (χ2v) is 6.41. The minimum Gasteiger partial charge on any atom is -0.466 e. The van der Waals surface area contributed by atoms with Crippen LogP contribution in [0.3, 0.4) is 0 Å². The minimum atomic E-state index is -3.64. The van der Waals surface area contributed by atoms with Crippen LogP contribution in [0.15, 0.2) is 0 Å². The SMILES string of the molecule is CCOC(=O)C1CCCN(S(=O)(=O)NCC(C)O)C1. The topological polar surface area (TPSA) is 95.9 Å². The first kappa shape index (κ1) is 16.4. The Balaban J connectivity index is 2.60. The standard InChI is InChI=1S/C11H22N2O5S/c1-3-18-11(15)10-5-4-6-13(8-10)19(16,17)12-7-9(2)14/h9-10,12,14H,3-8H2,1-2H3. The predicted molar refractivity (Wildman–Crippen MR) is 69.5 cm³/mol. The summed E-state index contributed by atoms with van der Waals surface area (Å²) in [7, 11) is -3.64. The summed E-state index contributed by atoms with van der Waals surface area (Å²) in [5.74, 6) is -0.755. The van der Waals surface area contributed by atoms with E-state index in [9.17, 15) is 13.2 Å². The lowest BCUT2D eigenvalue weighted by Gasteiger charge is -2.30. The lowest BCUT2D eigenvalue weighted by Crippen LogP contribution is -2.48. The van der Waals surface area contributed by atoms with Crippen molar-refractivity contribution in [1.82, 2.24) is 9.03 Å². The Hall–Kier alpha value is -0.700. The molecule has 0 spiro atoms. The molecule has 0 aromatic carbocycles. The molecule has 0 aliphatic carbocycles. The predicted octanol–water partition coefficient (Wildman–Crippen LogP) is -0.523. The lowest BCUT2D eigenvalue weighted by atomic mass is 10.0. The second kappa shape index (κ2) is 7.18. The Labute approximate surface area is 114 Å². The van der Waals surface area contributed by atoms with E-state index in [0.29, 0.717) is 26.0 Å². The van der Waals surface area contributed by atoms with Crippen LogP contribution in [-0.2, 0) is 19.7 Å². The number of carbonyl (C=O) groups is 1. The van der Waals surface area contributed by atoms with E-state index in [-0.39, 0.29) is 19.1 Å². The average Bonchev–Trinajstić information content (AvgIpc) is 2.37. The van der Waals surface area contributed by atoms with Gasteiger partial charge in [-0.05, 0) is 26.7 Å². The van der Waals surface area contributed by atoms with Crippen LogP contribution in [0.25, 0.3) is 0 Å². The molecule has 1 saturated heterocycles. The smallest absolute Gasteiger partial charge is 0.310 e. The summed E-state index contributed by atoms with van der Waals surface area (Å²) in [5.41, 5.74) is 0. The zero-order chi connectivity index (χ0) is 14.5. The number of aliphatic hydroxyl groups is 1. The molecule has 19 heavy (non-hydrogen) atoms. The first-order valence-electron chi connectivity index (χ1n) is 6.46. The zero-order valence-corrected chi connectivity index (χ0v) is 12.1. The Morgan fingerprint density at radius 1 is 1.58 bits per heavy atom. The van der Waals surface area contributed by atoms with E-state index in [1.54, 1.807) is 6.92 Å². The monoisotopic (exact) mass is 294 g/mol. The summed E-state index contributed by atoms with van der Waals surface area (Å²) in [4.78, 5) is 11.6. The normalized spacial score (nSPS) is 23.0. The van der Waals surface area contributed by atoms with E-state index >= 15 is 0 Å². The molecule has 2 N–H and O–H groups in total. The molecule has 1 aliphatic heterocycles. The summed E-state index contributed by atoms with van der Waals surface area (Å²) in [6.45, 7) is 3.99. The highest BCUT2D eigenvalue weighted by Crippen LogP contribution is 2.19. The summed E-state index contributed by atoms with van der Waals surface area (Å²) in [6, 6.07) is 0. The molecule has 2 unspecified atom stereocenters. The fraction of sp³-hybridized carbons (Fsp3) is 0.909. The molecule has 8 heteroatoms. The van der Waals surface area contributed by atoms with Crippen molar-refractivity contribution in [1.29, 1.82) is 0 Å². The van der Waals surface area contributed by atoms with Gasteiger partial charge in [-0.2, -0.15) is 17.4 Å². The van der Waals surface area contributed by atoms with Gasteiger partial charge >= 0.3 is 5.97 Å². The number of nitrogens with one attached hydrogen (secondary N) is 1. The molecule has 112 valence electrons. The molecule has 1 aliphatic rings. The van der Waals surface area contributed by atoms with Crippen molar-refractivity contribution in [2.45, 2.75) is 32.8 Å². The first-order valence-corrected chi connectivity index (χ1v) is 7.90. The van der Waals surface area contributed by atoms with Gasteiger partial charge in [0.15, 0.2) is 0 Å². The number of rotatable bonds is 6. The fourth-order valence-corrected chi connectivity index (χ4v) is 3.31. The Morgan fingerprint density at radius 3 is 2.84 bits per heavy atom. The van der Waals surface area contributed by atoms with Crippen molar-refractivity contribution in [3.05, 3.63) is 0 Å². The van der Waals surface area contributed by atoms with Gasteiger partial charge in [-0.25, -0.2) is 0 Å². The Morgan fingerprint density at radius 2 is 2.26 bits per heavy atom. The van der Waals surface area contributed by atoms with E-state index < -0.39 is 22.2 Å². The molecular weight excluding hydrogens is 272 g/mol. The summed E-state index contributed by atoms with van der Waals surface area (Å²) in [5, 5.41) is 9.10. The molecule has 0 saturated carbocycles. The van der Waals surface area contributed by atoms with Gasteiger partial charge in [0, 0.05) is 19.6 Å². The van der Waals surface area contributed by atoms with Gasteiger partial charge in [0.25, 0.3) is 10.2 Å². The van der Waals surface area contributed by atoms with Gasteiger partial charge in [-0.1, -0.05) is 0 Å². The zero-order valence-electron chi connectivity index (χ0n) is 11.3. The number of carbonyl (C=O) groups excluding carboxylic acids is 1. The number of piperidine rings is 1. The van der Waals surface area contributed by atoms with Gasteiger partial charge < -0.3 is 9.84 Å². The number of nitrogens with zero attached hydrogens (tertiary/aromatic N) is 1. The number of hydrogen-bond acceptors (Lipinski definition) is 5. The third kappa shape index (κ3) is 5.06. The third-order valence-corrected chi connectivity index (χ3v) is 4.45. The van der Waals surface area contributed by atoms with Gasteiger partial charge in [-0.3, -0.25) is 4.79 Å². The van der Waals surface area contributed by atoms with Crippen LogP contribution < -0.4 is 4.72 Å². The molecule has 0 radical (unpaired) electrons. The van der Waals surface area contributed by atoms with Gasteiger partial charge in [0.05, 0.1) is 18.6 Å². The minimum absolute atomic E-state index is 0.0388. The quantitative estimate of drug-likeness (QED) is 0.642. The summed E-state index contributed by atoms with van der Waals surface area (Å²) in [6.07, 6.45) is 0.515. The molecule has 2 atom stereocenters. The van der Waals surface area contributed by atoms with Crippen molar-refractivity contribution in [3.8, 4) is 0 Å². The van der Waals surface area contributed by atoms with E-state index in [4.69, 9.17) is 9.84 Å². The third-order valence-electron chi connectivity index (χ3n) is 2.91. The Bertz CT molecular complexity index is 396. The number of hydrogen-bond donors (Lipinski definition) is 2. The molecule has 7 nitrogen and oxygen atoms in total. The number of ether oxygens (including phenoxy) is 1. The van der Waals surface area contributed by atoms with Crippen LogP contribution in [0.2, 0.25) is 0 Å². The van der Waals surface area contributed by atoms with Crippen molar-refractivity contribution >= 4 is 16.2 Å². The van der Waals surface area contributed by atoms with Crippen molar-refractivity contribution in [2.24, 2.45) is 5.92 Å². The Kier molecular flexibility index (Phi) is 6.18. The molecule has 0 aromatic heterocycles. The van der Waals surface area contributed by atoms with Crippen molar-refractivity contribution in [3.63, 3.8) is 0 Å². The molecule has 0 amide bonds. The fourth-order valence-electron chi connectivity index (χ4n) is 1.93. The number of aliphatic hydroxyl groups excluding tert-OH is 1. The van der Waals surface area contributed by atoms with E-state index in [0.717, 1.165) is 0 Å². The van der Waals surface area contributed by atoms with Crippen LogP contribution in [-0.4, -0.2) is 56.1 Å². The maximum Gasteiger partial charge on any atom is 0.310 e. The lowest BCUT2D eigenvalue weighted by molar-refractivity contribution is -0.149. The molecule has 1 rings (SSSR count). The first-order chi connectivity index (χ1) is 8.86. The second-order valence-electron chi connectivity index (χ2n) is 4.65. The van der Waals surface area contributed by atoms with E-state index in [1.165, 1.54) is 11.2 Å². The van der Waals surface area contributed by atoms with Crippen LogP contribution in [0, 0.1) is 5.92 Å². The maximum atomic E-state index is 12.0. The average molecular weight is 294 g/mol. The molecule has 0 aromatic rings. The molecular formula is C11H22N2O5S.